The lowest BCUT2D eigenvalue weighted by molar-refractivity contribution is -0.151. The minimum Gasteiger partial charge on any atom is -0.385 e. The Morgan fingerprint density at radius 1 is 1.29 bits per heavy atom. The standard InChI is InChI=1S/C16H22N2O3/c1-11(9-10-21-3)18-12(2)15(19)17-14(16(18)20)13-7-5-4-6-8-13/h4-8,11-12,14H,9-10H2,1-3H3,(H,17,19). The summed E-state index contributed by atoms with van der Waals surface area (Å²) in [6.45, 7) is 4.28. The second-order valence-electron chi connectivity index (χ2n) is 5.40. The summed E-state index contributed by atoms with van der Waals surface area (Å²) in [6.07, 6.45) is 0.710. The van der Waals surface area contributed by atoms with E-state index in [1.54, 1.807) is 18.9 Å². The topological polar surface area (TPSA) is 58.6 Å². The number of ether oxygens (including phenoxy) is 1. The van der Waals surface area contributed by atoms with Crippen molar-refractivity contribution in [2.45, 2.75) is 38.4 Å². The van der Waals surface area contributed by atoms with Gasteiger partial charge in [0.1, 0.15) is 12.1 Å². The fraction of sp³-hybridized carbons (Fsp3) is 0.500. The molecule has 3 unspecified atom stereocenters. The number of carbonyl (C=O) groups is 2. The van der Waals surface area contributed by atoms with Gasteiger partial charge < -0.3 is 15.0 Å². The molecule has 0 aromatic heterocycles. The van der Waals surface area contributed by atoms with Gasteiger partial charge in [-0.2, -0.15) is 0 Å². The van der Waals surface area contributed by atoms with E-state index in [1.165, 1.54) is 0 Å². The molecule has 0 spiro atoms. The second kappa shape index (κ2) is 6.72. The van der Waals surface area contributed by atoms with Gasteiger partial charge in [0.05, 0.1) is 0 Å². The van der Waals surface area contributed by atoms with Gasteiger partial charge in [0, 0.05) is 19.8 Å². The molecule has 5 heteroatoms. The van der Waals surface area contributed by atoms with Gasteiger partial charge in [-0.25, -0.2) is 0 Å². The highest BCUT2D eigenvalue weighted by atomic mass is 16.5. The minimum atomic E-state index is -0.597. The van der Waals surface area contributed by atoms with Gasteiger partial charge in [-0.05, 0) is 25.8 Å². The lowest BCUT2D eigenvalue weighted by atomic mass is 9.98. The van der Waals surface area contributed by atoms with Crippen LogP contribution in [0.4, 0.5) is 0 Å². The van der Waals surface area contributed by atoms with Gasteiger partial charge in [-0.3, -0.25) is 9.59 Å². The summed E-state index contributed by atoms with van der Waals surface area (Å²) in [7, 11) is 1.63. The molecule has 3 atom stereocenters. The van der Waals surface area contributed by atoms with Crippen LogP contribution in [-0.2, 0) is 14.3 Å². The molecule has 21 heavy (non-hydrogen) atoms. The van der Waals surface area contributed by atoms with Gasteiger partial charge in [-0.15, -0.1) is 0 Å². The molecule has 0 saturated carbocycles. The molecule has 2 amide bonds. The highest BCUT2D eigenvalue weighted by Gasteiger charge is 2.40. The van der Waals surface area contributed by atoms with Crippen molar-refractivity contribution < 1.29 is 14.3 Å². The molecule has 1 heterocycles. The fourth-order valence-corrected chi connectivity index (χ4v) is 2.69. The Kier molecular flexibility index (Phi) is 4.96. The number of amides is 2. The number of rotatable bonds is 5. The van der Waals surface area contributed by atoms with E-state index in [9.17, 15) is 9.59 Å². The first-order valence-electron chi connectivity index (χ1n) is 7.22. The Morgan fingerprint density at radius 2 is 1.95 bits per heavy atom. The predicted octanol–water partition coefficient (Wildman–Crippen LogP) is 1.50. The van der Waals surface area contributed by atoms with Crippen molar-refractivity contribution in [2.75, 3.05) is 13.7 Å². The van der Waals surface area contributed by atoms with E-state index in [1.807, 2.05) is 37.3 Å². The van der Waals surface area contributed by atoms with E-state index in [0.717, 1.165) is 5.56 Å². The van der Waals surface area contributed by atoms with Crippen molar-refractivity contribution >= 4 is 11.8 Å². The fourth-order valence-electron chi connectivity index (χ4n) is 2.69. The number of hydrogen-bond donors (Lipinski definition) is 1. The molecule has 1 aromatic rings. The zero-order chi connectivity index (χ0) is 15.4. The number of nitrogens with one attached hydrogen (secondary N) is 1. The van der Waals surface area contributed by atoms with Gasteiger partial charge >= 0.3 is 0 Å². The number of methoxy groups -OCH3 is 1. The zero-order valence-corrected chi connectivity index (χ0v) is 12.7. The summed E-state index contributed by atoms with van der Waals surface area (Å²) >= 11 is 0. The zero-order valence-electron chi connectivity index (χ0n) is 12.7. The molecule has 1 aliphatic heterocycles. The number of benzene rings is 1. The average Bonchev–Trinajstić information content (AvgIpc) is 2.50. The van der Waals surface area contributed by atoms with E-state index in [-0.39, 0.29) is 17.9 Å². The van der Waals surface area contributed by atoms with Crippen molar-refractivity contribution in [2.24, 2.45) is 0 Å². The maximum absolute atomic E-state index is 12.8. The smallest absolute Gasteiger partial charge is 0.250 e. The third-order valence-electron chi connectivity index (χ3n) is 3.93. The van der Waals surface area contributed by atoms with Crippen LogP contribution in [0.5, 0.6) is 0 Å². The summed E-state index contributed by atoms with van der Waals surface area (Å²) < 4.78 is 5.07. The third-order valence-corrected chi connectivity index (χ3v) is 3.93. The molecule has 1 N–H and O–H groups in total. The normalized spacial score (nSPS) is 23.9. The van der Waals surface area contributed by atoms with E-state index < -0.39 is 12.1 Å². The number of hydrogen-bond acceptors (Lipinski definition) is 3. The number of piperazine rings is 1. The van der Waals surface area contributed by atoms with E-state index in [2.05, 4.69) is 5.32 Å². The highest BCUT2D eigenvalue weighted by Crippen LogP contribution is 2.24. The monoisotopic (exact) mass is 290 g/mol. The third kappa shape index (κ3) is 3.24. The summed E-state index contributed by atoms with van der Waals surface area (Å²) in [5.41, 5.74) is 0.812. The van der Waals surface area contributed by atoms with Crippen LogP contribution in [0.15, 0.2) is 30.3 Å². The van der Waals surface area contributed by atoms with Crippen LogP contribution < -0.4 is 5.32 Å². The van der Waals surface area contributed by atoms with E-state index >= 15 is 0 Å². The Bertz CT molecular complexity index is 504. The van der Waals surface area contributed by atoms with Crippen molar-refractivity contribution in [1.29, 1.82) is 0 Å². The maximum Gasteiger partial charge on any atom is 0.250 e. The van der Waals surface area contributed by atoms with Crippen molar-refractivity contribution in [3.63, 3.8) is 0 Å². The molecule has 2 rings (SSSR count). The quantitative estimate of drug-likeness (QED) is 0.894. The van der Waals surface area contributed by atoms with E-state index in [0.29, 0.717) is 13.0 Å². The predicted molar refractivity (Wildman–Crippen MR) is 79.6 cm³/mol. The van der Waals surface area contributed by atoms with Gasteiger partial charge in [-0.1, -0.05) is 30.3 Å². The first-order valence-corrected chi connectivity index (χ1v) is 7.22. The molecular weight excluding hydrogens is 268 g/mol. The molecule has 1 aromatic carbocycles. The van der Waals surface area contributed by atoms with Crippen LogP contribution in [0.25, 0.3) is 0 Å². The Labute approximate surface area is 125 Å². The Hall–Kier alpha value is -1.88. The Balaban J connectivity index is 2.23. The van der Waals surface area contributed by atoms with Crippen molar-refractivity contribution in [3.05, 3.63) is 35.9 Å². The molecule has 1 aliphatic rings. The van der Waals surface area contributed by atoms with Crippen LogP contribution >= 0.6 is 0 Å². The molecule has 0 bridgehead atoms. The SMILES string of the molecule is COCCC(C)N1C(=O)C(c2ccccc2)NC(=O)C1C. The highest BCUT2D eigenvalue weighted by molar-refractivity contribution is 5.97. The number of carbonyl (C=O) groups excluding carboxylic acids is 2. The first-order chi connectivity index (χ1) is 10.1. The molecule has 5 nitrogen and oxygen atoms in total. The molecule has 0 radical (unpaired) electrons. The van der Waals surface area contributed by atoms with Crippen LogP contribution in [0, 0.1) is 0 Å². The molecular formula is C16H22N2O3. The second-order valence-corrected chi connectivity index (χ2v) is 5.40. The number of nitrogens with zero attached hydrogens (tertiary/aromatic N) is 1. The van der Waals surface area contributed by atoms with Crippen molar-refractivity contribution in [3.8, 4) is 0 Å². The molecule has 0 aliphatic carbocycles. The summed E-state index contributed by atoms with van der Waals surface area (Å²) in [4.78, 5) is 26.6. The summed E-state index contributed by atoms with van der Waals surface area (Å²) in [5, 5.41) is 2.81. The van der Waals surface area contributed by atoms with Crippen LogP contribution in [0.2, 0.25) is 0 Å². The molecule has 1 fully saturated rings. The average molecular weight is 290 g/mol. The molecule has 114 valence electrons. The summed E-state index contributed by atoms with van der Waals surface area (Å²) in [5.74, 6) is -0.176. The molecule has 1 saturated heterocycles. The van der Waals surface area contributed by atoms with Crippen molar-refractivity contribution in [1.82, 2.24) is 10.2 Å². The van der Waals surface area contributed by atoms with Crippen LogP contribution in [0.1, 0.15) is 31.9 Å². The lowest BCUT2D eigenvalue weighted by Crippen LogP contribution is -2.61. The Morgan fingerprint density at radius 3 is 2.57 bits per heavy atom. The lowest BCUT2D eigenvalue weighted by Gasteiger charge is -2.41. The maximum atomic E-state index is 12.8. The van der Waals surface area contributed by atoms with Crippen LogP contribution in [0.3, 0.4) is 0 Å². The van der Waals surface area contributed by atoms with Gasteiger partial charge in [0.2, 0.25) is 5.91 Å². The van der Waals surface area contributed by atoms with Crippen LogP contribution in [-0.4, -0.2) is 42.5 Å². The van der Waals surface area contributed by atoms with Gasteiger partial charge in [0.15, 0.2) is 0 Å². The largest absolute Gasteiger partial charge is 0.385 e. The summed E-state index contributed by atoms with van der Waals surface area (Å²) in [6, 6.07) is 8.25. The van der Waals surface area contributed by atoms with Gasteiger partial charge in [0.25, 0.3) is 5.91 Å². The minimum absolute atomic E-state index is 0.0373. The van der Waals surface area contributed by atoms with E-state index in [4.69, 9.17) is 4.74 Å². The first kappa shape index (κ1) is 15.5.